The molecule has 1 saturated heterocycles. The SMILES string of the molecule is CCCCNC(=O)CN1CCN(C(=O)c2cccc(S(=O)(=O)N(C)C3CCCCC3)c2)CC1. The zero-order valence-corrected chi connectivity index (χ0v) is 20.8. The van der Waals surface area contributed by atoms with Gasteiger partial charge in [-0.3, -0.25) is 14.5 Å². The van der Waals surface area contributed by atoms with E-state index in [1.807, 2.05) is 4.90 Å². The average Bonchev–Trinajstić information content (AvgIpc) is 2.84. The van der Waals surface area contributed by atoms with Gasteiger partial charge in [-0.15, -0.1) is 0 Å². The lowest BCUT2D eigenvalue weighted by Crippen LogP contribution is -2.51. The van der Waals surface area contributed by atoms with Crippen molar-refractivity contribution in [2.24, 2.45) is 0 Å². The van der Waals surface area contributed by atoms with E-state index in [1.54, 1.807) is 30.1 Å². The fraction of sp³-hybridized carbons (Fsp3) is 0.667. The van der Waals surface area contributed by atoms with Crippen LogP contribution in [0.5, 0.6) is 0 Å². The quantitative estimate of drug-likeness (QED) is 0.550. The maximum absolute atomic E-state index is 13.2. The number of carbonyl (C=O) groups excluding carboxylic acids is 2. The number of nitrogens with one attached hydrogen (secondary N) is 1. The number of carbonyl (C=O) groups is 2. The van der Waals surface area contributed by atoms with E-state index >= 15 is 0 Å². The van der Waals surface area contributed by atoms with Crippen LogP contribution in [0, 0.1) is 0 Å². The molecule has 0 atom stereocenters. The van der Waals surface area contributed by atoms with Crippen LogP contribution >= 0.6 is 0 Å². The monoisotopic (exact) mass is 478 g/mol. The van der Waals surface area contributed by atoms with Gasteiger partial charge in [0.2, 0.25) is 15.9 Å². The number of sulfonamides is 1. The van der Waals surface area contributed by atoms with Crippen molar-refractivity contribution in [2.75, 3.05) is 46.3 Å². The summed E-state index contributed by atoms with van der Waals surface area (Å²) >= 11 is 0. The van der Waals surface area contributed by atoms with Crippen molar-refractivity contribution < 1.29 is 18.0 Å². The maximum Gasteiger partial charge on any atom is 0.253 e. The van der Waals surface area contributed by atoms with Crippen LogP contribution in [-0.2, 0) is 14.8 Å². The lowest BCUT2D eigenvalue weighted by atomic mass is 9.96. The number of benzene rings is 1. The van der Waals surface area contributed by atoms with Crippen molar-refractivity contribution in [3.05, 3.63) is 29.8 Å². The lowest BCUT2D eigenvalue weighted by Gasteiger charge is -2.34. The molecule has 1 saturated carbocycles. The van der Waals surface area contributed by atoms with E-state index in [2.05, 4.69) is 12.2 Å². The van der Waals surface area contributed by atoms with E-state index < -0.39 is 10.0 Å². The molecule has 0 bridgehead atoms. The van der Waals surface area contributed by atoms with Crippen LogP contribution < -0.4 is 5.32 Å². The summed E-state index contributed by atoms with van der Waals surface area (Å²) in [5.74, 6) is -0.150. The molecule has 2 fully saturated rings. The minimum absolute atomic E-state index is 0.0169. The fourth-order valence-corrected chi connectivity index (χ4v) is 6.01. The van der Waals surface area contributed by atoms with Crippen molar-refractivity contribution >= 4 is 21.8 Å². The maximum atomic E-state index is 13.2. The molecule has 184 valence electrons. The summed E-state index contributed by atoms with van der Waals surface area (Å²) in [4.78, 5) is 29.1. The Morgan fingerprint density at radius 2 is 1.79 bits per heavy atom. The smallest absolute Gasteiger partial charge is 0.253 e. The Balaban J connectivity index is 1.58. The summed E-state index contributed by atoms with van der Waals surface area (Å²) in [5, 5.41) is 2.92. The summed E-state index contributed by atoms with van der Waals surface area (Å²) in [6.07, 6.45) is 7.04. The van der Waals surface area contributed by atoms with Crippen LogP contribution in [0.1, 0.15) is 62.2 Å². The minimum Gasteiger partial charge on any atom is -0.355 e. The minimum atomic E-state index is -3.65. The molecule has 0 aromatic heterocycles. The Labute approximate surface area is 198 Å². The van der Waals surface area contributed by atoms with Crippen molar-refractivity contribution in [1.82, 2.24) is 19.4 Å². The zero-order chi connectivity index (χ0) is 23.8. The highest BCUT2D eigenvalue weighted by Gasteiger charge is 2.30. The number of hydrogen-bond donors (Lipinski definition) is 1. The van der Waals surface area contributed by atoms with E-state index in [9.17, 15) is 18.0 Å². The first-order chi connectivity index (χ1) is 15.8. The number of piperazine rings is 1. The molecule has 9 heteroatoms. The molecule has 3 rings (SSSR count). The van der Waals surface area contributed by atoms with Crippen molar-refractivity contribution in [3.8, 4) is 0 Å². The zero-order valence-electron chi connectivity index (χ0n) is 20.0. The summed E-state index contributed by atoms with van der Waals surface area (Å²) in [6.45, 7) is 5.39. The Kier molecular flexibility index (Phi) is 9.28. The number of amides is 2. The van der Waals surface area contributed by atoms with Crippen molar-refractivity contribution in [2.45, 2.75) is 62.8 Å². The predicted molar refractivity (Wildman–Crippen MR) is 129 cm³/mol. The molecule has 33 heavy (non-hydrogen) atoms. The van der Waals surface area contributed by atoms with Crippen molar-refractivity contribution in [3.63, 3.8) is 0 Å². The Bertz CT molecular complexity index is 907. The molecular formula is C24H38N4O4S. The van der Waals surface area contributed by atoms with Gasteiger partial charge in [0.05, 0.1) is 11.4 Å². The Morgan fingerprint density at radius 3 is 2.45 bits per heavy atom. The highest BCUT2D eigenvalue weighted by molar-refractivity contribution is 7.89. The third-order valence-corrected chi connectivity index (χ3v) is 8.63. The molecule has 0 unspecified atom stereocenters. The summed E-state index contributed by atoms with van der Waals surface area (Å²) < 4.78 is 27.8. The van der Waals surface area contributed by atoms with E-state index in [1.165, 1.54) is 10.4 Å². The van der Waals surface area contributed by atoms with E-state index in [0.29, 0.717) is 44.8 Å². The van der Waals surface area contributed by atoms with Gasteiger partial charge in [0.15, 0.2) is 0 Å². The van der Waals surface area contributed by atoms with Gasteiger partial charge in [-0.1, -0.05) is 38.7 Å². The van der Waals surface area contributed by atoms with Gasteiger partial charge in [-0.05, 0) is 37.5 Å². The molecule has 1 aliphatic carbocycles. The number of rotatable bonds is 9. The third-order valence-electron chi connectivity index (χ3n) is 6.73. The topological polar surface area (TPSA) is 90.0 Å². The molecular weight excluding hydrogens is 440 g/mol. The first kappa shape index (κ1) is 25.6. The predicted octanol–water partition coefficient (Wildman–Crippen LogP) is 2.31. The summed E-state index contributed by atoms with van der Waals surface area (Å²) in [5.41, 5.74) is 0.388. The third kappa shape index (κ3) is 6.77. The fourth-order valence-electron chi connectivity index (χ4n) is 4.55. The molecule has 8 nitrogen and oxygen atoms in total. The molecule has 1 aromatic rings. The average molecular weight is 479 g/mol. The first-order valence-corrected chi connectivity index (χ1v) is 13.6. The van der Waals surface area contributed by atoms with Gasteiger partial charge in [-0.2, -0.15) is 4.31 Å². The molecule has 0 radical (unpaired) electrons. The number of hydrogen-bond acceptors (Lipinski definition) is 5. The van der Waals surface area contributed by atoms with E-state index in [0.717, 1.165) is 44.9 Å². The second kappa shape index (κ2) is 11.9. The highest BCUT2D eigenvalue weighted by Crippen LogP contribution is 2.27. The molecule has 1 aliphatic heterocycles. The molecule has 2 aliphatic rings. The molecule has 1 heterocycles. The van der Waals surface area contributed by atoms with Gasteiger partial charge in [0.1, 0.15) is 0 Å². The normalized spacial score (nSPS) is 18.5. The Hall–Kier alpha value is -1.97. The number of unbranched alkanes of at least 4 members (excludes halogenated alkanes) is 1. The van der Waals surface area contributed by atoms with Gasteiger partial charge in [0.25, 0.3) is 5.91 Å². The highest BCUT2D eigenvalue weighted by atomic mass is 32.2. The van der Waals surface area contributed by atoms with Gasteiger partial charge < -0.3 is 10.2 Å². The van der Waals surface area contributed by atoms with Crippen LogP contribution in [0.15, 0.2) is 29.2 Å². The largest absolute Gasteiger partial charge is 0.355 e. The molecule has 1 N–H and O–H groups in total. The molecule has 0 spiro atoms. The van der Waals surface area contributed by atoms with Crippen molar-refractivity contribution in [1.29, 1.82) is 0 Å². The van der Waals surface area contributed by atoms with E-state index in [4.69, 9.17) is 0 Å². The van der Waals surface area contributed by atoms with Crippen LogP contribution in [0.3, 0.4) is 0 Å². The Morgan fingerprint density at radius 1 is 1.09 bits per heavy atom. The van der Waals surface area contributed by atoms with Crippen LogP contribution in [0.25, 0.3) is 0 Å². The van der Waals surface area contributed by atoms with E-state index in [-0.39, 0.29) is 22.8 Å². The summed E-state index contributed by atoms with van der Waals surface area (Å²) in [6, 6.07) is 6.42. The van der Waals surface area contributed by atoms with Gasteiger partial charge in [-0.25, -0.2) is 8.42 Å². The first-order valence-electron chi connectivity index (χ1n) is 12.2. The van der Waals surface area contributed by atoms with Crippen LogP contribution in [-0.4, -0.2) is 86.7 Å². The molecule has 2 amide bonds. The van der Waals surface area contributed by atoms with Gasteiger partial charge >= 0.3 is 0 Å². The molecule has 1 aromatic carbocycles. The lowest BCUT2D eigenvalue weighted by molar-refractivity contribution is -0.122. The van der Waals surface area contributed by atoms with Crippen LogP contribution in [0.2, 0.25) is 0 Å². The standard InChI is InChI=1S/C24H38N4O4S/c1-3-4-13-25-23(29)19-27-14-16-28(17-15-27)24(30)20-9-8-12-22(18-20)33(31,32)26(2)21-10-6-5-7-11-21/h8-9,12,18,21H,3-7,10-11,13-17,19H2,1-2H3,(H,25,29). The summed E-state index contributed by atoms with van der Waals surface area (Å²) in [7, 11) is -2.00. The number of nitrogens with zero attached hydrogens (tertiary/aromatic N) is 3. The van der Waals surface area contributed by atoms with Gasteiger partial charge in [0, 0.05) is 51.4 Å². The second-order valence-electron chi connectivity index (χ2n) is 9.11. The second-order valence-corrected chi connectivity index (χ2v) is 11.1. The van der Waals surface area contributed by atoms with Crippen LogP contribution in [0.4, 0.5) is 0 Å².